The molecule has 3 rings (SSSR count). The minimum Gasteiger partial charge on any atom is -0.508 e. The molecule has 0 spiro atoms. The topological polar surface area (TPSA) is 67.0 Å². The number of phenolic OH excluding ortho intramolecular Hbond substituents is 1. The Labute approximate surface area is 116 Å². The smallest absolute Gasteiger partial charge is 0.150 e. The Balaban J connectivity index is 1.82. The summed E-state index contributed by atoms with van der Waals surface area (Å²) in [6, 6.07) is 8.91. The first-order chi connectivity index (χ1) is 9.67. The fourth-order valence-electron chi connectivity index (χ4n) is 2.30. The van der Waals surface area contributed by atoms with Gasteiger partial charge in [-0.25, -0.2) is 0 Å². The molecule has 1 aromatic heterocycles. The Bertz CT molecular complexity index is 661. The number of ether oxygens (including phenoxy) is 1. The molecule has 5 heteroatoms. The van der Waals surface area contributed by atoms with Crippen LogP contribution in [0.4, 0.5) is 0 Å². The van der Waals surface area contributed by atoms with Crippen molar-refractivity contribution in [3.8, 4) is 11.5 Å². The van der Waals surface area contributed by atoms with E-state index in [1.807, 2.05) is 25.1 Å². The van der Waals surface area contributed by atoms with E-state index in [2.05, 4.69) is 10.5 Å². The number of phenols is 1. The van der Waals surface area contributed by atoms with Gasteiger partial charge in [0.05, 0.1) is 13.2 Å². The molecule has 1 unspecified atom stereocenters. The first-order valence-electron chi connectivity index (χ1n) is 6.43. The average molecular weight is 272 g/mol. The zero-order valence-corrected chi connectivity index (χ0v) is 11.4. The lowest BCUT2D eigenvalue weighted by atomic mass is 10.0. The molecular formula is C15H16N2O3. The van der Waals surface area contributed by atoms with E-state index in [0.717, 1.165) is 22.8 Å². The molecule has 1 aromatic carbocycles. The van der Waals surface area contributed by atoms with Crippen LogP contribution < -0.4 is 10.2 Å². The third-order valence-corrected chi connectivity index (χ3v) is 3.39. The van der Waals surface area contributed by atoms with Crippen LogP contribution in [0.3, 0.4) is 0 Å². The molecule has 2 aromatic rings. The van der Waals surface area contributed by atoms with Gasteiger partial charge in [-0.3, -0.25) is 0 Å². The van der Waals surface area contributed by atoms with E-state index < -0.39 is 0 Å². The van der Waals surface area contributed by atoms with Crippen LogP contribution in [0.5, 0.6) is 11.5 Å². The molecule has 20 heavy (non-hydrogen) atoms. The van der Waals surface area contributed by atoms with Crippen LogP contribution in [0.1, 0.15) is 29.5 Å². The zero-order valence-electron chi connectivity index (χ0n) is 11.4. The van der Waals surface area contributed by atoms with Crippen LogP contribution in [0.2, 0.25) is 0 Å². The first kappa shape index (κ1) is 12.6. The molecule has 0 saturated heterocycles. The van der Waals surface area contributed by atoms with Crippen molar-refractivity contribution < 1.29 is 14.3 Å². The number of nitrogens with zero attached hydrogens (tertiary/aromatic N) is 1. The quantitative estimate of drug-likeness (QED) is 0.901. The Morgan fingerprint density at radius 3 is 2.90 bits per heavy atom. The summed E-state index contributed by atoms with van der Waals surface area (Å²) in [6.45, 7) is 1.90. The maximum absolute atomic E-state index is 9.98. The summed E-state index contributed by atoms with van der Waals surface area (Å²) in [5, 5.41) is 14.3. The van der Waals surface area contributed by atoms with Gasteiger partial charge in [-0.05, 0) is 37.3 Å². The summed E-state index contributed by atoms with van der Waals surface area (Å²) < 4.78 is 10.8. The van der Waals surface area contributed by atoms with Crippen molar-refractivity contribution in [1.29, 1.82) is 0 Å². The molecule has 2 heterocycles. The highest BCUT2D eigenvalue weighted by atomic mass is 16.5. The fraction of sp³-hybridized carbons (Fsp3) is 0.267. The van der Waals surface area contributed by atoms with Crippen molar-refractivity contribution in [2.45, 2.75) is 19.4 Å². The third-order valence-electron chi connectivity index (χ3n) is 3.39. The number of nitrogens with one attached hydrogen (secondary N) is 1. The van der Waals surface area contributed by atoms with Crippen LogP contribution in [0.15, 0.2) is 39.9 Å². The van der Waals surface area contributed by atoms with Gasteiger partial charge in [0.1, 0.15) is 28.7 Å². The molecule has 0 saturated carbocycles. The number of rotatable bonds is 3. The van der Waals surface area contributed by atoms with E-state index in [9.17, 15) is 5.11 Å². The number of benzene rings is 1. The van der Waals surface area contributed by atoms with Gasteiger partial charge >= 0.3 is 0 Å². The molecule has 0 radical (unpaired) electrons. The van der Waals surface area contributed by atoms with Crippen LogP contribution in [-0.4, -0.2) is 17.9 Å². The van der Waals surface area contributed by atoms with Gasteiger partial charge in [0.15, 0.2) is 0 Å². The van der Waals surface area contributed by atoms with E-state index in [0.29, 0.717) is 12.2 Å². The largest absolute Gasteiger partial charge is 0.508 e. The van der Waals surface area contributed by atoms with Crippen LogP contribution in [0, 0.1) is 6.92 Å². The Morgan fingerprint density at radius 2 is 2.20 bits per heavy atom. The summed E-state index contributed by atoms with van der Waals surface area (Å²) >= 11 is 0. The van der Waals surface area contributed by atoms with E-state index in [1.165, 1.54) is 0 Å². The lowest BCUT2D eigenvalue weighted by Crippen LogP contribution is -2.10. The summed E-state index contributed by atoms with van der Waals surface area (Å²) in [5.41, 5.74) is 4.66. The van der Waals surface area contributed by atoms with Gasteiger partial charge in [-0.2, -0.15) is 5.10 Å². The predicted molar refractivity (Wildman–Crippen MR) is 75.1 cm³/mol. The van der Waals surface area contributed by atoms with E-state index in [-0.39, 0.29) is 11.8 Å². The van der Waals surface area contributed by atoms with Gasteiger partial charge < -0.3 is 19.7 Å². The number of hydrogen-bond donors (Lipinski definition) is 2. The first-order valence-corrected chi connectivity index (χ1v) is 6.43. The zero-order chi connectivity index (χ0) is 14.1. The van der Waals surface area contributed by atoms with Gasteiger partial charge in [0.25, 0.3) is 0 Å². The van der Waals surface area contributed by atoms with Gasteiger partial charge in [-0.1, -0.05) is 0 Å². The minimum absolute atomic E-state index is 0.0782. The second-order valence-electron chi connectivity index (χ2n) is 4.78. The molecule has 0 amide bonds. The van der Waals surface area contributed by atoms with Crippen molar-refractivity contribution >= 4 is 5.71 Å². The highest BCUT2D eigenvalue weighted by Crippen LogP contribution is 2.33. The molecular weight excluding hydrogens is 256 g/mol. The third kappa shape index (κ3) is 2.22. The van der Waals surface area contributed by atoms with E-state index in [1.54, 1.807) is 19.2 Å². The Hall–Kier alpha value is -2.43. The number of furan rings is 1. The number of hydrazone groups is 1. The summed E-state index contributed by atoms with van der Waals surface area (Å²) in [5.74, 6) is 2.56. The number of aryl methyl sites for hydroxylation is 1. The van der Waals surface area contributed by atoms with Crippen molar-refractivity contribution in [2.75, 3.05) is 7.11 Å². The second-order valence-corrected chi connectivity index (χ2v) is 4.78. The molecule has 104 valence electrons. The summed E-state index contributed by atoms with van der Waals surface area (Å²) in [7, 11) is 1.60. The van der Waals surface area contributed by atoms with Gasteiger partial charge in [0, 0.05) is 12.0 Å². The van der Waals surface area contributed by atoms with Gasteiger partial charge in [0.2, 0.25) is 0 Å². The highest BCUT2D eigenvalue weighted by molar-refractivity contribution is 5.99. The molecule has 0 fully saturated rings. The molecule has 2 N–H and O–H groups in total. The van der Waals surface area contributed by atoms with E-state index >= 15 is 0 Å². The van der Waals surface area contributed by atoms with Gasteiger partial charge in [-0.15, -0.1) is 0 Å². The van der Waals surface area contributed by atoms with Crippen LogP contribution in [-0.2, 0) is 0 Å². The molecule has 5 nitrogen and oxygen atoms in total. The Kier molecular flexibility index (Phi) is 3.10. The lowest BCUT2D eigenvalue weighted by Gasteiger charge is -2.13. The fourth-order valence-corrected chi connectivity index (χ4v) is 2.30. The standard InChI is InChI=1S/C15H16N2O3/c1-9-3-6-15(20-9)13-8-12(16-17-13)11-7-10(19-2)4-5-14(11)18/h3-7,12,16,18H,8H2,1-2H3. The van der Waals surface area contributed by atoms with Crippen molar-refractivity contribution in [3.63, 3.8) is 0 Å². The SMILES string of the molecule is COc1ccc(O)c(C2CC(c3ccc(C)o3)=NN2)c1. The lowest BCUT2D eigenvalue weighted by molar-refractivity contribution is 0.408. The molecule has 1 aliphatic heterocycles. The maximum Gasteiger partial charge on any atom is 0.150 e. The number of aromatic hydroxyl groups is 1. The molecule has 1 atom stereocenters. The van der Waals surface area contributed by atoms with Crippen molar-refractivity contribution in [3.05, 3.63) is 47.4 Å². The summed E-state index contributed by atoms with van der Waals surface area (Å²) in [4.78, 5) is 0. The van der Waals surface area contributed by atoms with E-state index in [4.69, 9.17) is 9.15 Å². The minimum atomic E-state index is -0.0782. The molecule has 0 aliphatic carbocycles. The normalized spacial score (nSPS) is 17.7. The van der Waals surface area contributed by atoms with Crippen LogP contribution in [0.25, 0.3) is 0 Å². The number of methoxy groups -OCH3 is 1. The molecule has 1 aliphatic rings. The Morgan fingerprint density at radius 1 is 1.35 bits per heavy atom. The second kappa shape index (κ2) is 4.92. The highest BCUT2D eigenvalue weighted by Gasteiger charge is 2.25. The summed E-state index contributed by atoms with van der Waals surface area (Å²) in [6.07, 6.45) is 0.660. The number of hydrogen-bond acceptors (Lipinski definition) is 5. The van der Waals surface area contributed by atoms with Crippen molar-refractivity contribution in [1.82, 2.24) is 5.43 Å². The van der Waals surface area contributed by atoms with Crippen molar-refractivity contribution in [2.24, 2.45) is 5.10 Å². The van der Waals surface area contributed by atoms with Crippen LogP contribution >= 0.6 is 0 Å². The maximum atomic E-state index is 9.98. The average Bonchev–Trinajstić information content (AvgIpc) is 3.08. The predicted octanol–water partition coefficient (Wildman–Crippen LogP) is 2.74. The molecule has 0 bridgehead atoms. The monoisotopic (exact) mass is 272 g/mol.